The van der Waals surface area contributed by atoms with E-state index in [1.165, 1.54) is 35.8 Å². The molecule has 118 valence electrons. The van der Waals surface area contributed by atoms with Crippen molar-refractivity contribution in [2.75, 3.05) is 12.4 Å². The van der Waals surface area contributed by atoms with E-state index in [0.29, 0.717) is 21.8 Å². The Labute approximate surface area is 132 Å². The Morgan fingerprint density at radius 2 is 2.00 bits per heavy atom. The van der Waals surface area contributed by atoms with E-state index >= 15 is 0 Å². The molecule has 0 aliphatic rings. The lowest BCUT2D eigenvalue weighted by molar-refractivity contribution is 0.0852. The smallest absolute Gasteiger partial charge is 0.256 e. The van der Waals surface area contributed by atoms with Gasteiger partial charge < -0.3 is 15.7 Å². The van der Waals surface area contributed by atoms with Crippen molar-refractivity contribution in [1.82, 2.24) is 9.69 Å². The van der Waals surface area contributed by atoms with Crippen LogP contribution in [0.15, 0.2) is 24.3 Å². The largest absolute Gasteiger partial charge is 0.386 e. The summed E-state index contributed by atoms with van der Waals surface area (Å²) in [6, 6.07) is 5.03. The van der Waals surface area contributed by atoms with Crippen LogP contribution < -0.4 is 10.6 Å². The zero-order valence-corrected chi connectivity index (χ0v) is 13.4. The fourth-order valence-corrected chi connectivity index (χ4v) is 2.86. The number of hydrogen-bond acceptors (Lipinski definition) is 5. The van der Waals surface area contributed by atoms with Gasteiger partial charge in [-0.25, -0.2) is 4.39 Å². The first-order valence-electron chi connectivity index (χ1n) is 6.82. The summed E-state index contributed by atoms with van der Waals surface area (Å²) in [4.78, 5) is 12.4. The number of halogens is 1. The molecule has 1 heterocycles. The normalized spacial score (nSPS) is 13.5. The zero-order valence-electron chi connectivity index (χ0n) is 12.6. The molecule has 1 aromatic carbocycles. The topological polar surface area (TPSA) is 74.2 Å². The Kier molecular flexibility index (Phi) is 5.10. The van der Waals surface area contributed by atoms with Crippen LogP contribution in [-0.4, -0.2) is 28.5 Å². The van der Waals surface area contributed by atoms with Crippen molar-refractivity contribution in [3.63, 3.8) is 0 Å². The van der Waals surface area contributed by atoms with Gasteiger partial charge in [0.2, 0.25) is 0 Å². The van der Waals surface area contributed by atoms with Gasteiger partial charge >= 0.3 is 0 Å². The first-order valence-corrected chi connectivity index (χ1v) is 7.59. The second-order valence-corrected chi connectivity index (χ2v) is 5.75. The van der Waals surface area contributed by atoms with Gasteiger partial charge in [-0.1, -0.05) is 12.1 Å². The summed E-state index contributed by atoms with van der Waals surface area (Å²) in [5.74, 6) is -0.671. The van der Waals surface area contributed by atoms with Gasteiger partial charge in [0, 0.05) is 7.05 Å². The Hall–Kier alpha value is -1.99. The number of rotatable bonds is 5. The SMILES string of the molecule is CNc1snc(C)c1C(=O)NC(C)C(O)c1ccc(F)cc1. The van der Waals surface area contributed by atoms with E-state index in [2.05, 4.69) is 15.0 Å². The van der Waals surface area contributed by atoms with E-state index in [4.69, 9.17) is 0 Å². The number of carbonyl (C=O) groups is 1. The fourth-order valence-electron chi connectivity index (χ4n) is 2.11. The van der Waals surface area contributed by atoms with Crippen LogP contribution in [0.5, 0.6) is 0 Å². The van der Waals surface area contributed by atoms with E-state index in [1.54, 1.807) is 20.9 Å². The number of anilines is 1. The molecule has 0 radical (unpaired) electrons. The highest BCUT2D eigenvalue weighted by Crippen LogP contribution is 2.24. The van der Waals surface area contributed by atoms with Crippen molar-refractivity contribution < 1.29 is 14.3 Å². The van der Waals surface area contributed by atoms with Gasteiger partial charge in [-0.05, 0) is 43.1 Å². The monoisotopic (exact) mass is 323 g/mol. The molecule has 0 saturated heterocycles. The highest BCUT2D eigenvalue weighted by molar-refractivity contribution is 7.10. The molecule has 5 nitrogen and oxygen atoms in total. The van der Waals surface area contributed by atoms with Crippen molar-refractivity contribution in [1.29, 1.82) is 0 Å². The molecule has 7 heteroatoms. The summed E-state index contributed by atoms with van der Waals surface area (Å²) in [6.45, 7) is 3.45. The minimum absolute atomic E-state index is 0.302. The predicted octanol–water partition coefficient (Wildman–Crippen LogP) is 2.48. The third kappa shape index (κ3) is 3.42. The molecule has 0 aliphatic carbocycles. The number of aliphatic hydroxyl groups excluding tert-OH is 1. The van der Waals surface area contributed by atoms with Crippen molar-refractivity contribution in [2.24, 2.45) is 0 Å². The van der Waals surface area contributed by atoms with Gasteiger partial charge in [0.15, 0.2) is 0 Å². The summed E-state index contributed by atoms with van der Waals surface area (Å²) in [5, 5.41) is 16.6. The first kappa shape index (κ1) is 16.4. The Morgan fingerprint density at radius 1 is 1.36 bits per heavy atom. The van der Waals surface area contributed by atoms with Gasteiger partial charge in [-0.2, -0.15) is 4.37 Å². The Bertz CT molecular complexity index is 657. The van der Waals surface area contributed by atoms with Crippen LogP contribution in [0.25, 0.3) is 0 Å². The molecule has 0 aliphatic heterocycles. The van der Waals surface area contributed by atoms with E-state index in [-0.39, 0.29) is 11.7 Å². The van der Waals surface area contributed by atoms with Crippen molar-refractivity contribution in [2.45, 2.75) is 26.0 Å². The number of benzene rings is 1. The number of aromatic nitrogens is 1. The van der Waals surface area contributed by atoms with Crippen LogP contribution in [0.1, 0.15) is 34.6 Å². The second-order valence-electron chi connectivity index (χ2n) is 4.98. The molecule has 0 spiro atoms. The van der Waals surface area contributed by atoms with Crippen LogP contribution in [0.2, 0.25) is 0 Å². The summed E-state index contributed by atoms with van der Waals surface area (Å²) >= 11 is 1.21. The van der Waals surface area contributed by atoms with Crippen molar-refractivity contribution in [3.8, 4) is 0 Å². The number of aliphatic hydroxyl groups is 1. The van der Waals surface area contributed by atoms with Gasteiger partial charge in [0.05, 0.1) is 23.4 Å². The highest BCUT2D eigenvalue weighted by Gasteiger charge is 2.23. The molecule has 2 atom stereocenters. The van der Waals surface area contributed by atoms with Gasteiger partial charge in [-0.3, -0.25) is 4.79 Å². The highest BCUT2D eigenvalue weighted by atomic mass is 32.1. The van der Waals surface area contributed by atoms with Crippen molar-refractivity contribution >= 4 is 22.4 Å². The lowest BCUT2D eigenvalue weighted by atomic mass is 10.0. The molecular formula is C15H18FN3O2S. The summed E-state index contributed by atoms with van der Waals surface area (Å²) in [7, 11) is 1.72. The van der Waals surface area contributed by atoms with Crippen LogP contribution in [0, 0.1) is 12.7 Å². The minimum atomic E-state index is -0.922. The summed E-state index contributed by atoms with van der Waals surface area (Å²) in [5.41, 5.74) is 1.66. The summed E-state index contributed by atoms with van der Waals surface area (Å²) in [6.07, 6.45) is -0.922. The zero-order chi connectivity index (χ0) is 16.3. The van der Waals surface area contributed by atoms with Crippen LogP contribution in [-0.2, 0) is 0 Å². The average molecular weight is 323 g/mol. The Balaban J connectivity index is 2.10. The Morgan fingerprint density at radius 3 is 2.59 bits per heavy atom. The van der Waals surface area contributed by atoms with Crippen LogP contribution in [0.3, 0.4) is 0 Å². The van der Waals surface area contributed by atoms with Crippen LogP contribution in [0.4, 0.5) is 9.39 Å². The van der Waals surface area contributed by atoms with Gasteiger partial charge in [0.25, 0.3) is 5.91 Å². The molecule has 3 N–H and O–H groups in total. The van der Waals surface area contributed by atoms with Gasteiger partial charge in [0.1, 0.15) is 10.8 Å². The molecule has 0 saturated carbocycles. The quantitative estimate of drug-likeness (QED) is 0.790. The fraction of sp³-hybridized carbons (Fsp3) is 0.333. The van der Waals surface area contributed by atoms with Gasteiger partial charge in [-0.15, -0.1) is 0 Å². The molecule has 0 bridgehead atoms. The molecule has 1 amide bonds. The van der Waals surface area contributed by atoms with E-state index in [9.17, 15) is 14.3 Å². The number of nitrogens with zero attached hydrogens (tertiary/aromatic N) is 1. The number of hydrogen-bond donors (Lipinski definition) is 3. The van der Waals surface area contributed by atoms with E-state index in [1.807, 2.05) is 0 Å². The van der Waals surface area contributed by atoms with Crippen LogP contribution >= 0.6 is 11.5 Å². The molecule has 2 rings (SSSR count). The molecule has 0 fully saturated rings. The average Bonchev–Trinajstić information content (AvgIpc) is 2.88. The maximum Gasteiger partial charge on any atom is 0.256 e. The molecule has 1 aromatic heterocycles. The molecular weight excluding hydrogens is 305 g/mol. The number of aryl methyl sites for hydroxylation is 1. The first-order chi connectivity index (χ1) is 10.4. The maximum atomic E-state index is 12.9. The third-order valence-corrected chi connectivity index (χ3v) is 4.32. The lowest BCUT2D eigenvalue weighted by Gasteiger charge is -2.21. The molecule has 2 unspecified atom stereocenters. The standard InChI is InChI=1S/C15H18FN3O2S/c1-8-12(15(17-3)22-19-8)14(21)18-9(2)13(20)10-4-6-11(16)7-5-10/h4-7,9,13,17,20H,1-3H3,(H,18,21). The maximum absolute atomic E-state index is 12.9. The lowest BCUT2D eigenvalue weighted by Crippen LogP contribution is -2.37. The van der Waals surface area contributed by atoms with Crippen molar-refractivity contribution in [3.05, 3.63) is 46.9 Å². The number of nitrogens with one attached hydrogen (secondary N) is 2. The number of carbonyl (C=O) groups excluding carboxylic acids is 1. The minimum Gasteiger partial charge on any atom is -0.386 e. The predicted molar refractivity (Wildman–Crippen MR) is 84.7 cm³/mol. The molecule has 22 heavy (non-hydrogen) atoms. The second kappa shape index (κ2) is 6.85. The van der Waals surface area contributed by atoms with E-state index < -0.39 is 12.1 Å². The van der Waals surface area contributed by atoms with E-state index in [0.717, 1.165) is 0 Å². The summed E-state index contributed by atoms with van der Waals surface area (Å²) < 4.78 is 17.1. The number of amides is 1. The molecule has 2 aromatic rings. The third-order valence-electron chi connectivity index (χ3n) is 3.36.